The van der Waals surface area contributed by atoms with Crippen molar-refractivity contribution in [1.82, 2.24) is 0 Å². The van der Waals surface area contributed by atoms with Crippen LogP contribution in [0, 0.1) is 0 Å². The molecule has 0 amide bonds. The smallest absolute Gasteiger partial charge is 0.335 e. The van der Waals surface area contributed by atoms with E-state index >= 15 is 0 Å². The lowest BCUT2D eigenvalue weighted by Crippen LogP contribution is -2.28. The zero-order chi connectivity index (χ0) is 22.8. The first-order valence-corrected chi connectivity index (χ1v) is 10.9. The monoisotopic (exact) mass is 434 g/mol. The van der Waals surface area contributed by atoms with E-state index in [-0.39, 0.29) is 5.97 Å². The van der Waals surface area contributed by atoms with Gasteiger partial charge in [-0.2, -0.15) is 0 Å². The van der Waals surface area contributed by atoms with Gasteiger partial charge in [-0.05, 0) is 54.5 Å². The molecule has 1 unspecified atom stereocenters. The van der Waals surface area contributed by atoms with E-state index < -0.39 is 6.10 Å². The number of carbonyl (C=O) groups is 1. The van der Waals surface area contributed by atoms with Crippen molar-refractivity contribution in [2.45, 2.75) is 26.4 Å². The van der Waals surface area contributed by atoms with Crippen molar-refractivity contribution in [2.75, 3.05) is 26.9 Å². The van der Waals surface area contributed by atoms with E-state index in [0.29, 0.717) is 26.2 Å². The second-order valence-corrected chi connectivity index (χ2v) is 7.16. The Morgan fingerprint density at radius 3 is 2.47 bits per heavy atom. The zero-order valence-electron chi connectivity index (χ0n) is 18.9. The Kier molecular flexibility index (Phi) is 8.70. The van der Waals surface area contributed by atoms with Crippen molar-refractivity contribution in [3.05, 3.63) is 77.9 Å². The van der Waals surface area contributed by atoms with Gasteiger partial charge in [-0.25, -0.2) is 4.79 Å². The van der Waals surface area contributed by atoms with Gasteiger partial charge in [-0.15, -0.1) is 0 Å². The molecule has 5 heteroatoms. The summed E-state index contributed by atoms with van der Waals surface area (Å²) in [5.74, 6) is 1.26. The predicted molar refractivity (Wildman–Crippen MR) is 127 cm³/mol. The molecule has 0 heterocycles. The number of esters is 1. The second kappa shape index (κ2) is 11.9. The Labute approximate surface area is 189 Å². The summed E-state index contributed by atoms with van der Waals surface area (Å²) in [4.78, 5) is 12.0. The highest BCUT2D eigenvalue weighted by Crippen LogP contribution is 2.29. The molecule has 0 bridgehead atoms. The minimum Gasteiger partial charge on any atom is -0.496 e. The highest BCUT2D eigenvalue weighted by Gasteiger charge is 2.20. The maximum Gasteiger partial charge on any atom is 0.335 e. The second-order valence-electron chi connectivity index (χ2n) is 7.16. The molecule has 0 aromatic heterocycles. The fourth-order valence-corrected chi connectivity index (χ4v) is 3.52. The molecule has 1 atom stereocenters. The molecule has 0 saturated carbocycles. The summed E-state index contributed by atoms with van der Waals surface area (Å²) in [5, 5.41) is 2.30. The molecule has 3 aromatic carbocycles. The lowest BCUT2D eigenvalue weighted by Gasteiger charge is -2.15. The fourth-order valence-electron chi connectivity index (χ4n) is 3.52. The van der Waals surface area contributed by atoms with E-state index in [1.807, 2.05) is 61.5 Å². The van der Waals surface area contributed by atoms with E-state index in [1.54, 1.807) is 14.0 Å². The van der Waals surface area contributed by atoms with Gasteiger partial charge in [0.05, 0.1) is 13.7 Å². The molecule has 168 valence electrons. The van der Waals surface area contributed by atoms with Gasteiger partial charge in [-0.1, -0.05) is 48.5 Å². The minimum atomic E-state index is -0.592. The average molecular weight is 435 g/mol. The van der Waals surface area contributed by atoms with Crippen molar-refractivity contribution < 1.29 is 23.7 Å². The summed E-state index contributed by atoms with van der Waals surface area (Å²) in [6, 6.07) is 19.9. The van der Waals surface area contributed by atoms with E-state index in [0.717, 1.165) is 33.4 Å². The molecule has 0 spiro atoms. The van der Waals surface area contributed by atoms with Crippen LogP contribution >= 0.6 is 0 Å². The maximum absolute atomic E-state index is 12.0. The molecular formula is C27H30O5. The summed E-state index contributed by atoms with van der Waals surface area (Å²) in [5.41, 5.74) is 2.02. The summed E-state index contributed by atoms with van der Waals surface area (Å²) in [7, 11) is 1.68. The van der Waals surface area contributed by atoms with Crippen LogP contribution in [0.5, 0.6) is 11.5 Å². The van der Waals surface area contributed by atoms with Gasteiger partial charge in [0.1, 0.15) is 18.1 Å². The molecule has 0 radical (unpaired) electrons. The third-order valence-electron chi connectivity index (χ3n) is 5.04. The summed E-state index contributed by atoms with van der Waals surface area (Å²) in [6.07, 6.45) is 3.88. The standard InChI is InChI=1S/C27H30O5/c1-4-30-26(27(28)31-5-2)19-20-12-15-22(16-13-20)32-18-8-11-24-23-10-7-6-9-21(23)14-17-25(24)29-3/h6-17,26H,4-5,18-19H2,1-3H3. The molecular weight excluding hydrogens is 404 g/mol. The topological polar surface area (TPSA) is 54.0 Å². The van der Waals surface area contributed by atoms with Crippen LogP contribution in [0.1, 0.15) is 25.0 Å². The predicted octanol–water partition coefficient (Wildman–Crippen LogP) is 5.45. The maximum atomic E-state index is 12.0. The lowest BCUT2D eigenvalue weighted by molar-refractivity contribution is -0.156. The third-order valence-corrected chi connectivity index (χ3v) is 5.04. The Hall–Kier alpha value is -3.31. The number of fused-ring (bicyclic) bond motifs is 1. The Balaban J connectivity index is 1.61. The van der Waals surface area contributed by atoms with Gasteiger partial charge in [0.25, 0.3) is 0 Å². The van der Waals surface area contributed by atoms with Crippen LogP contribution in [-0.4, -0.2) is 39.0 Å². The highest BCUT2D eigenvalue weighted by atomic mass is 16.6. The normalized spacial score (nSPS) is 12.1. The number of benzene rings is 3. The summed E-state index contributed by atoms with van der Waals surface area (Å²) >= 11 is 0. The number of hydrogen-bond donors (Lipinski definition) is 0. The van der Waals surface area contributed by atoms with Gasteiger partial charge < -0.3 is 18.9 Å². The Morgan fingerprint density at radius 2 is 1.75 bits per heavy atom. The van der Waals surface area contributed by atoms with E-state index in [4.69, 9.17) is 18.9 Å². The molecule has 0 N–H and O–H groups in total. The summed E-state index contributed by atoms with van der Waals surface area (Å²) < 4.78 is 22.0. The van der Waals surface area contributed by atoms with Gasteiger partial charge in [0, 0.05) is 18.6 Å². The molecule has 5 nitrogen and oxygen atoms in total. The number of ether oxygens (including phenoxy) is 4. The van der Waals surface area contributed by atoms with E-state index in [1.165, 1.54) is 0 Å². The van der Waals surface area contributed by atoms with Gasteiger partial charge in [-0.3, -0.25) is 0 Å². The number of rotatable bonds is 11. The minimum absolute atomic E-state index is 0.330. The van der Waals surface area contributed by atoms with Crippen LogP contribution < -0.4 is 9.47 Å². The number of methoxy groups -OCH3 is 1. The average Bonchev–Trinajstić information content (AvgIpc) is 2.82. The third kappa shape index (κ3) is 6.11. The first kappa shape index (κ1) is 23.4. The first-order valence-electron chi connectivity index (χ1n) is 10.9. The largest absolute Gasteiger partial charge is 0.496 e. The first-order chi connectivity index (χ1) is 15.7. The Bertz CT molecular complexity index is 1040. The van der Waals surface area contributed by atoms with Gasteiger partial charge in [0.15, 0.2) is 6.10 Å². The summed E-state index contributed by atoms with van der Waals surface area (Å²) in [6.45, 7) is 4.88. The molecule has 0 aliphatic heterocycles. The van der Waals surface area contributed by atoms with Crippen LogP contribution in [0.3, 0.4) is 0 Å². The molecule has 32 heavy (non-hydrogen) atoms. The molecule has 0 saturated heterocycles. The van der Waals surface area contributed by atoms with Crippen LogP contribution in [0.15, 0.2) is 66.7 Å². The van der Waals surface area contributed by atoms with Crippen LogP contribution in [0.2, 0.25) is 0 Å². The van der Waals surface area contributed by atoms with E-state index in [9.17, 15) is 4.79 Å². The number of carbonyl (C=O) groups excluding carboxylic acids is 1. The zero-order valence-corrected chi connectivity index (χ0v) is 18.9. The van der Waals surface area contributed by atoms with Crippen LogP contribution in [0.4, 0.5) is 0 Å². The van der Waals surface area contributed by atoms with Crippen molar-refractivity contribution in [3.63, 3.8) is 0 Å². The van der Waals surface area contributed by atoms with Crippen molar-refractivity contribution in [2.24, 2.45) is 0 Å². The molecule has 0 aliphatic carbocycles. The molecule has 3 aromatic rings. The fraction of sp³-hybridized carbons (Fsp3) is 0.296. The van der Waals surface area contributed by atoms with Gasteiger partial charge >= 0.3 is 5.97 Å². The SMILES string of the molecule is CCOC(=O)C(Cc1ccc(OCC=Cc2c(OC)ccc3ccccc23)cc1)OCC. The lowest BCUT2D eigenvalue weighted by atomic mass is 10.0. The van der Waals surface area contributed by atoms with Crippen LogP contribution in [-0.2, 0) is 20.7 Å². The van der Waals surface area contributed by atoms with E-state index in [2.05, 4.69) is 18.2 Å². The van der Waals surface area contributed by atoms with Crippen LogP contribution in [0.25, 0.3) is 16.8 Å². The van der Waals surface area contributed by atoms with Crippen molar-refractivity contribution >= 4 is 22.8 Å². The van der Waals surface area contributed by atoms with Gasteiger partial charge in [0.2, 0.25) is 0 Å². The van der Waals surface area contributed by atoms with Crippen molar-refractivity contribution in [3.8, 4) is 11.5 Å². The quantitative estimate of drug-likeness (QED) is 0.376. The molecule has 3 rings (SSSR count). The molecule has 0 fully saturated rings. The highest BCUT2D eigenvalue weighted by molar-refractivity contribution is 5.93. The Morgan fingerprint density at radius 1 is 0.969 bits per heavy atom. The molecule has 0 aliphatic rings. The van der Waals surface area contributed by atoms with Crippen molar-refractivity contribution in [1.29, 1.82) is 0 Å². The number of hydrogen-bond acceptors (Lipinski definition) is 5.